The number of aromatic nitrogens is 2. The molecule has 116 valence electrons. The van der Waals surface area contributed by atoms with Gasteiger partial charge in [-0.2, -0.15) is 4.98 Å². The van der Waals surface area contributed by atoms with E-state index in [1.165, 1.54) is 12.8 Å². The summed E-state index contributed by atoms with van der Waals surface area (Å²) in [5, 5.41) is 4.17. The van der Waals surface area contributed by atoms with Crippen molar-refractivity contribution in [3.05, 3.63) is 11.7 Å². The van der Waals surface area contributed by atoms with Gasteiger partial charge in [-0.05, 0) is 39.2 Å². The minimum Gasteiger partial charge on any atom is -0.347 e. The summed E-state index contributed by atoms with van der Waals surface area (Å²) in [5.41, 5.74) is 0. The number of amides is 1. The summed E-state index contributed by atoms with van der Waals surface area (Å²) >= 11 is 0. The number of hydrogen-bond acceptors (Lipinski definition) is 5. The number of likely N-dealkylation sites (N-methyl/N-ethyl adjacent to an activating group) is 1. The van der Waals surface area contributed by atoms with Crippen molar-refractivity contribution in [3.63, 3.8) is 0 Å². The van der Waals surface area contributed by atoms with Gasteiger partial charge in [0, 0.05) is 32.5 Å². The summed E-state index contributed by atoms with van der Waals surface area (Å²) < 4.78 is 5.37. The number of carbonyl (C=O) groups excluding carboxylic acids is 1. The fourth-order valence-corrected chi connectivity index (χ4v) is 3.01. The number of likely N-dealkylation sites (tertiary alicyclic amines) is 1. The largest absolute Gasteiger partial charge is 0.347 e. The van der Waals surface area contributed by atoms with Gasteiger partial charge in [0.25, 0.3) is 0 Å². The molecule has 2 heterocycles. The second kappa shape index (κ2) is 5.75. The lowest BCUT2D eigenvalue weighted by atomic mass is 9.96. The quantitative estimate of drug-likeness (QED) is 0.843. The topological polar surface area (TPSA) is 62.5 Å². The van der Waals surface area contributed by atoms with Crippen LogP contribution >= 0.6 is 0 Å². The van der Waals surface area contributed by atoms with Crippen LogP contribution in [0.25, 0.3) is 0 Å². The molecule has 1 saturated heterocycles. The molecule has 2 atom stereocenters. The van der Waals surface area contributed by atoms with Gasteiger partial charge in [-0.3, -0.25) is 9.69 Å². The van der Waals surface area contributed by atoms with Crippen molar-refractivity contribution in [3.8, 4) is 0 Å². The normalized spacial score (nSPS) is 24.8. The van der Waals surface area contributed by atoms with Gasteiger partial charge in [-0.15, -0.1) is 0 Å². The highest BCUT2D eigenvalue weighted by molar-refractivity contribution is 5.80. The molecular formula is C15H24N4O2. The van der Waals surface area contributed by atoms with E-state index in [-0.39, 0.29) is 17.9 Å². The van der Waals surface area contributed by atoms with Crippen LogP contribution in [0.1, 0.15) is 56.2 Å². The fourth-order valence-electron chi connectivity index (χ4n) is 3.01. The van der Waals surface area contributed by atoms with E-state index in [4.69, 9.17) is 4.52 Å². The molecule has 3 rings (SSSR count). The first-order valence-corrected chi connectivity index (χ1v) is 7.85. The fraction of sp³-hybridized carbons (Fsp3) is 0.800. The van der Waals surface area contributed by atoms with Crippen molar-refractivity contribution >= 4 is 5.91 Å². The Morgan fingerprint density at radius 1 is 1.33 bits per heavy atom. The Balaban J connectivity index is 1.65. The maximum absolute atomic E-state index is 12.1. The maximum Gasteiger partial charge on any atom is 0.239 e. The van der Waals surface area contributed by atoms with Gasteiger partial charge in [0.15, 0.2) is 5.82 Å². The Bertz CT molecular complexity index is 510. The van der Waals surface area contributed by atoms with Crippen LogP contribution in [0, 0.1) is 0 Å². The summed E-state index contributed by atoms with van der Waals surface area (Å²) in [7, 11) is 3.61. The smallest absolute Gasteiger partial charge is 0.239 e. The number of nitrogens with zero attached hydrogens (tertiary/aromatic N) is 4. The molecule has 1 aromatic heterocycles. The second-order valence-electron chi connectivity index (χ2n) is 6.51. The van der Waals surface area contributed by atoms with Crippen molar-refractivity contribution < 1.29 is 9.32 Å². The third kappa shape index (κ3) is 3.10. The Kier molecular flexibility index (Phi) is 3.97. The van der Waals surface area contributed by atoms with E-state index < -0.39 is 0 Å². The molecule has 6 nitrogen and oxygen atoms in total. The molecule has 1 amide bonds. The molecule has 21 heavy (non-hydrogen) atoms. The summed E-state index contributed by atoms with van der Waals surface area (Å²) in [6, 6.07) is -0.0856. The predicted octanol–water partition coefficient (Wildman–Crippen LogP) is 1.60. The molecule has 0 spiro atoms. The first-order chi connectivity index (χ1) is 10.1. The van der Waals surface area contributed by atoms with Crippen LogP contribution in [0.2, 0.25) is 0 Å². The van der Waals surface area contributed by atoms with Crippen LogP contribution in [0.15, 0.2) is 4.52 Å². The lowest BCUT2D eigenvalue weighted by Crippen LogP contribution is -2.48. The first-order valence-electron chi connectivity index (χ1n) is 7.85. The highest BCUT2D eigenvalue weighted by Crippen LogP contribution is 2.39. The molecule has 0 unspecified atom stereocenters. The van der Waals surface area contributed by atoms with Gasteiger partial charge in [0.2, 0.25) is 11.8 Å². The van der Waals surface area contributed by atoms with E-state index in [0.29, 0.717) is 5.92 Å². The van der Waals surface area contributed by atoms with Crippen LogP contribution in [-0.4, -0.2) is 59.1 Å². The van der Waals surface area contributed by atoms with Gasteiger partial charge in [-0.1, -0.05) is 5.16 Å². The highest BCUT2D eigenvalue weighted by atomic mass is 16.5. The van der Waals surface area contributed by atoms with Crippen LogP contribution in [0.5, 0.6) is 0 Å². The molecule has 0 N–H and O–H groups in total. The zero-order valence-electron chi connectivity index (χ0n) is 13.1. The second-order valence-corrected chi connectivity index (χ2v) is 6.51. The van der Waals surface area contributed by atoms with E-state index in [1.54, 1.807) is 19.0 Å². The first kappa shape index (κ1) is 14.5. The summed E-state index contributed by atoms with van der Waals surface area (Å²) in [4.78, 5) is 20.6. The molecule has 1 aromatic rings. The number of carbonyl (C=O) groups is 1. The van der Waals surface area contributed by atoms with E-state index in [2.05, 4.69) is 15.0 Å². The zero-order valence-corrected chi connectivity index (χ0v) is 13.1. The summed E-state index contributed by atoms with van der Waals surface area (Å²) in [6.07, 6.45) is 4.49. The van der Waals surface area contributed by atoms with Crippen molar-refractivity contribution in [1.29, 1.82) is 0 Å². The van der Waals surface area contributed by atoms with E-state index in [0.717, 1.165) is 37.6 Å². The van der Waals surface area contributed by atoms with Gasteiger partial charge in [0.1, 0.15) is 0 Å². The molecule has 1 aliphatic carbocycles. The molecule has 1 saturated carbocycles. The van der Waals surface area contributed by atoms with Crippen LogP contribution in [-0.2, 0) is 4.79 Å². The number of piperidine rings is 1. The molecule has 0 radical (unpaired) electrons. The maximum atomic E-state index is 12.1. The summed E-state index contributed by atoms with van der Waals surface area (Å²) in [6.45, 7) is 3.78. The monoisotopic (exact) mass is 292 g/mol. The molecule has 1 aliphatic heterocycles. The van der Waals surface area contributed by atoms with Gasteiger partial charge < -0.3 is 9.42 Å². The Hall–Kier alpha value is -1.43. The van der Waals surface area contributed by atoms with Crippen molar-refractivity contribution in [2.45, 2.75) is 50.5 Å². The Morgan fingerprint density at radius 2 is 2.10 bits per heavy atom. The van der Waals surface area contributed by atoms with Crippen molar-refractivity contribution in [2.75, 3.05) is 27.2 Å². The molecule has 2 aliphatic rings. The SMILES string of the molecule is C[C@@H](C(=O)N(C)C)N1CCC[C@@H](c2noc(C3CC3)n2)C1. The molecule has 2 fully saturated rings. The van der Waals surface area contributed by atoms with E-state index in [9.17, 15) is 4.79 Å². The Morgan fingerprint density at radius 3 is 2.76 bits per heavy atom. The Labute approximate surface area is 125 Å². The van der Waals surface area contributed by atoms with Crippen LogP contribution < -0.4 is 0 Å². The molecule has 0 aromatic carbocycles. The summed E-state index contributed by atoms with van der Waals surface area (Å²) in [5.74, 6) is 2.57. The standard InChI is InChI=1S/C15H24N4O2/c1-10(15(20)18(2)3)19-8-4-5-12(9-19)13-16-14(21-17-13)11-6-7-11/h10-12H,4-9H2,1-3H3/t10-,12+/m0/s1. The molecule has 6 heteroatoms. The van der Waals surface area contributed by atoms with Gasteiger partial charge in [0.05, 0.1) is 6.04 Å². The third-order valence-electron chi connectivity index (χ3n) is 4.55. The van der Waals surface area contributed by atoms with Crippen molar-refractivity contribution in [2.24, 2.45) is 0 Å². The lowest BCUT2D eigenvalue weighted by molar-refractivity contribution is -0.134. The average Bonchev–Trinajstić information content (AvgIpc) is 3.23. The molecular weight excluding hydrogens is 268 g/mol. The predicted molar refractivity (Wildman–Crippen MR) is 78.0 cm³/mol. The molecule has 0 bridgehead atoms. The highest BCUT2D eigenvalue weighted by Gasteiger charge is 2.33. The van der Waals surface area contributed by atoms with E-state index >= 15 is 0 Å². The van der Waals surface area contributed by atoms with Gasteiger partial charge in [-0.25, -0.2) is 0 Å². The van der Waals surface area contributed by atoms with Gasteiger partial charge >= 0.3 is 0 Å². The van der Waals surface area contributed by atoms with Crippen molar-refractivity contribution in [1.82, 2.24) is 19.9 Å². The lowest BCUT2D eigenvalue weighted by Gasteiger charge is -2.35. The van der Waals surface area contributed by atoms with Crippen LogP contribution in [0.3, 0.4) is 0 Å². The van der Waals surface area contributed by atoms with E-state index in [1.807, 2.05) is 6.92 Å². The average molecular weight is 292 g/mol. The third-order valence-corrected chi connectivity index (χ3v) is 4.55. The van der Waals surface area contributed by atoms with Crippen LogP contribution in [0.4, 0.5) is 0 Å². The number of rotatable bonds is 4. The number of hydrogen-bond donors (Lipinski definition) is 0. The minimum atomic E-state index is -0.0856. The zero-order chi connectivity index (χ0) is 15.0. The minimum absolute atomic E-state index is 0.0856.